The van der Waals surface area contributed by atoms with Crippen molar-refractivity contribution in [1.29, 1.82) is 5.26 Å². The molecule has 2 heterocycles. The fraction of sp³-hybridized carbons (Fsp3) is 0.600. The van der Waals surface area contributed by atoms with Gasteiger partial charge < -0.3 is 20.1 Å². The second-order valence-corrected chi connectivity index (χ2v) is 6.51. The third kappa shape index (κ3) is 5.12. The molecule has 142 valence electrons. The van der Waals surface area contributed by atoms with Gasteiger partial charge in [-0.25, -0.2) is 0 Å². The number of aromatic hydroxyl groups is 1. The Bertz CT molecular complexity index is 612. The minimum absolute atomic E-state index is 0.0704. The number of ether oxygens (including phenoxy) is 1. The Hall–Kier alpha value is -2.26. The lowest BCUT2D eigenvalue weighted by molar-refractivity contribution is -0.133. The van der Waals surface area contributed by atoms with E-state index in [1.54, 1.807) is 29.2 Å². The number of carbonyl (C=O) groups excluding carboxylic acids is 1. The minimum atomic E-state index is -0.254. The summed E-state index contributed by atoms with van der Waals surface area (Å²) < 4.78 is 5.68. The Morgan fingerprint density at radius 2 is 2.12 bits per heavy atom. The Balaban J connectivity index is 0.00000117. The van der Waals surface area contributed by atoms with Crippen LogP contribution < -0.4 is 10.1 Å². The van der Waals surface area contributed by atoms with Crippen molar-refractivity contribution in [3.8, 4) is 17.6 Å². The van der Waals surface area contributed by atoms with E-state index < -0.39 is 0 Å². The smallest absolute Gasteiger partial charge is 0.240 e. The Kier molecular flexibility index (Phi) is 7.73. The standard InChI is InChI=1S/C18H23N3O3.C2H6/c19-11-14-2-1-8-21(14)18(23)17-10-13(12-20-17)7-9-24-16-5-3-15(22)4-6-16;1-2/h3-6,13-14,17,20,22H,1-2,7-10,12H2;1-2H3/t13-,14?,17?;/m0./s1. The van der Waals surface area contributed by atoms with Gasteiger partial charge in [-0.3, -0.25) is 4.79 Å². The van der Waals surface area contributed by atoms with Gasteiger partial charge in [0.1, 0.15) is 17.5 Å². The normalized spacial score (nSPS) is 24.5. The summed E-state index contributed by atoms with van der Waals surface area (Å²) in [7, 11) is 0. The highest BCUT2D eigenvalue weighted by atomic mass is 16.5. The van der Waals surface area contributed by atoms with Gasteiger partial charge in [-0.05, 0) is 62.4 Å². The van der Waals surface area contributed by atoms with Crippen LogP contribution in [-0.4, -0.2) is 47.7 Å². The van der Waals surface area contributed by atoms with Gasteiger partial charge in [0.15, 0.2) is 0 Å². The Labute approximate surface area is 155 Å². The molecule has 26 heavy (non-hydrogen) atoms. The lowest BCUT2D eigenvalue weighted by atomic mass is 10.0. The predicted octanol–water partition coefficient (Wildman–Crippen LogP) is 2.68. The molecule has 2 fully saturated rings. The first-order chi connectivity index (χ1) is 12.7. The van der Waals surface area contributed by atoms with E-state index in [0.717, 1.165) is 38.0 Å². The van der Waals surface area contributed by atoms with Gasteiger partial charge in [-0.1, -0.05) is 13.8 Å². The van der Waals surface area contributed by atoms with Crippen LogP contribution in [0.2, 0.25) is 0 Å². The van der Waals surface area contributed by atoms with Crippen molar-refractivity contribution in [1.82, 2.24) is 10.2 Å². The van der Waals surface area contributed by atoms with Gasteiger partial charge in [-0.2, -0.15) is 5.26 Å². The number of amides is 1. The van der Waals surface area contributed by atoms with Crippen molar-refractivity contribution < 1.29 is 14.6 Å². The summed E-state index contributed by atoms with van der Waals surface area (Å²) in [5.41, 5.74) is 0. The summed E-state index contributed by atoms with van der Waals surface area (Å²) in [5, 5.41) is 21.7. The van der Waals surface area contributed by atoms with E-state index in [1.165, 1.54) is 0 Å². The second kappa shape index (κ2) is 10.0. The van der Waals surface area contributed by atoms with E-state index in [4.69, 9.17) is 10.00 Å². The van der Waals surface area contributed by atoms with Crippen LogP contribution in [0.15, 0.2) is 24.3 Å². The molecular weight excluding hydrogens is 330 g/mol. The minimum Gasteiger partial charge on any atom is -0.508 e. The quantitative estimate of drug-likeness (QED) is 0.844. The summed E-state index contributed by atoms with van der Waals surface area (Å²) in [6.07, 6.45) is 3.38. The van der Waals surface area contributed by atoms with E-state index in [0.29, 0.717) is 19.1 Å². The topological polar surface area (TPSA) is 85.6 Å². The summed E-state index contributed by atoms with van der Waals surface area (Å²) in [6.45, 7) is 6.09. The third-order valence-corrected chi connectivity index (χ3v) is 4.84. The molecule has 0 saturated carbocycles. The summed E-state index contributed by atoms with van der Waals surface area (Å²) in [5.74, 6) is 1.43. The number of carbonyl (C=O) groups is 1. The highest BCUT2D eigenvalue weighted by Gasteiger charge is 2.36. The first-order valence-electron chi connectivity index (χ1n) is 9.52. The number of nitriles is 1. The number of hydrogen-bond donors (Lipinski definition) is 2. The molecule has 2 saturated heterocycles. The number of phenols is 1. The third-order valence-electron chi connectivity index (χ3n) is 4.84. The van der Waals surface area contributed by atoms with Crippen LogP contribution in [0.25, 0.3) is 0 Å². The van der Waals surface area contributed by atoms with Gasteiger partial charge in [0.05, 0.1) is 18.7 Å². The lowest BCUT2D eigenvalue weighted by Crippen LogP contribution is -2.45. The molecule has 6 heteroatoms. The number of phenolic OH excluding ortho intramolecular Hbond substituents is 1. The number of nitrogens with one attached hydrogen (secondary N) is 1. The Morgan fingerprint density at radius 1 is 1.38 bits per heavy atom. The average molecular weight is 359 g/mol. The highest BCUT2D eigenvalue weighted by molar-refractivity contribution is 5.83. The van der Waals surface area contributed by atoms with Gasteiger partial charge in [-0.15, -0.1) is 0 Å². The van der Waals surface area contributed by atoms with Crippen LogP contribution in [-0.2, 0) is 4.79 Å². The van der Waals surface area contributed by atoms with Crippen LogP contribution in [0.3, 0.4) is 0 Å². The lowest BCUT2D eigenvalue weighted by Gasteiger charge is -2.23. The molecular formula is C20H29N3O3. The molecule has 0 bridgehead atoms. The molecule has 0 radical (unpaired) electrons. The molecule has 3 rings (SSSR count). The predicted molar refractivity (Wildman–Crippen MR) is 99.8 cm³/mol. The molecule has 1 aromatic carbocycles. The fourth-order valence-electron chi connectivity index (χ4n) is 3.47. The van der Waals surface area contributed by atoms with E-state index in [1.807, 2.05) is 13.8 Å². The van der Waals surface area contributed by atoms with Crippen molar-refractivity contribution in [3.63, 3.8) is 0 Å². The van der Waals surface area contributed by atoms with E-state index >= 15 is 0 Å². The van der Waals surface area contributed by atoms with Crippen molar-refractivity contribution in [2.45, 2.75) is 51.6 Å². The molecule has 2 aliphatic rings. The summed E-state index contributed by atoms with van der Waals surface area (Å²) in [6, 6.07) is 8.48. The zero-order valence-corrected chi connectivity index (χ0v) is 15.6. The monoisotopic (exact) mass is 359 g/mol. The van der Waals surface area contributed by atoms with Gasteiger partial charge in [0, 0.05) is 6.54 Å². The first-order valence-corrected chi connectivity index (χ1v) is 9.52. The summed E-state index contributed by atoms with van der Waals surface area (Å²) in [4.78, 5) is 14.3. The van der Waals surface area contributed by atoms with Crippen molar-refractivity contribution >= 4 is 5.91 Å². The summed E-state index contributed by atoms with van der Waals surface area (Å²) >= 11 is 0. The SMILES string of the molecule is CC.N#CC1CCCN1C(=O)C1C[C@H](CCOc2ccc(O)cc2)CN1. The van der Waals surface area contributed by atoms with Gasteiger partial charge in [0.2, 0.25) is 5.91 Å². The molecule has 0 aromatic heterocycles. The van der Waals surface area contributed by atoms with E-state index in [-0.39, 0.29) is 23.7 Å². The molecule has 3 atom stereocenters. The second-order valence-electron chi connectivity index (χ2n) is 6.51. The molecule has 1 aromatic rings. The van der Waals surface area contributed by atoms with Gasteiger partial charge >= 0.3 is 0 Å². The maximum absolute atomic E-state index is 12.5. The van der Waals surface area contributed by atoms with Crippen LogP contribution >= 0.6 is 0 Å². The van der Waals surface area contributed by atoms with Crippen LogP contribution in [0.1, 0.15) is 39.5 Å². The fourth-order valence-corrected chi connectivity index (χ4v) is 3.47. The van der Waals surface area contributed by atoms with Crippen molar-refractivity contribution in [2.24, 2.45) is 5.92 Å². The molecule has 2 N–H and O–H groups in total. The maximum atomic E-state index is 12.5. The first kappa shape index (κ1) is 20.1. The van der Waals surface area contributed by atoms with Gasteiger partial charge in [0.25, 0.3) is 0 Å². The molecule has 6 nitrogen and oxygen atoms in total. The number of nitrogens with zero attached hydrogens (tertiary/aromatic N) is 2. The van der Waals surface area contributed by atoms with Crippen molar-refractivity contribution in [3.05, 3.63) is 24.3 Å². The number of rotatable bonds is 5. The molecule has 2 aliphatic heterocycles. The number of likely N-dealkylation sites (tertiary alicyclic amines) is 1. The Morgan fingerprint density at radius 3 is 2.81 bits per heavy atom. The van der Waals surface area contributed by atoms with Crippen LogP contribution in [0.5, 0.6) is 11.5 Å². The van der Waals surface area contributed by atoms with E-state index in [2.05, 4.69) is 11.4 Å². The zero-order valence-electron chi connectivity index (χ0n) is 15.6. The molecule has 1 amide bonds. The largest absolute Gasteiger partial charge is 0.508 e. The molecule has 0 spiro atoms. The van der Waals surface area contributed by atoms with E-state index in [9.17, 15) is 9.90 Å². The average Bonchev–Trinajstić information content (AvgIpc) is 3.34. The highest BCUT2D eigenvalue weighted by Crippen LogP contribution is 2.24. The maximum Gasteiger partial charge on any atom is 0.240 e. The number of benzene rings is 1. The van der Waals surface area contributed by atoms with Crippen LogP contribution in [0, 0.1) is 17.2 Å². The van der Waals surface area contributed by atoms with Crippen LogP contribution in [0.4, 0.5) is 0 Å². The zero-order chi connectivity index (χ0) is 18.9. The molecule has 2 unspecified atom stereocenters. The molecule has 0 aliphatic carbocycles. The number of hydrogen-bond acceptors (Lipinski definition) is 5. The van der Waals surface area contributed by atoms with Crippen molar-refractivity contribution in [2.75, 3.05) is 19.7 Å².